The first-order valence-corrected chi connectivity index (χ1v) is 10.8. The number of pyridine rings is 1. The van der Waals surface area contributed by atoms with E-state index >= 15 is 0 Å². The zero-order valence-corrected chi connectivity index (χ0v) is 18.9. The minimum Gasteiger partial charge on any atom is -0.494 e. The molecular formula is C25H25F3N2O4. The summed E-state index contributed by atoms with van der Waals surface area (Å²) < 4.78 is 47.5. The molecule has 9 heteroatoms. The molecule has 180 valence electrons. The highest BCUT2D eigenvalue weighted by Crippen LogP contribution is 2.26. The summed E-state index contributed by atoms with van der Waals surface area (Å²) in [5.74, 6) is 0.833. The van der Waals surface area contributed by atoms with Crippen molar-refractivity contribution in [1.29, 1.82) is 0 Å². The fourth-order valence-electron chi connectivity index (χ4n) is 3.24. The van der Waals surface area contributed by atoms with E-state index in [0.717, 1.165) is 10.8 Å². The van der Waals surface area contributed by atoms with Crippen LogP contribution < -0.4 is 14.8 Å². The van der Waals surface area contributed by atoms with Crippen molar-refractivity contribution in [2.75, 3.05) is 18.5 Å². The first kappa shape index (κ1) is 25.0. The highest BCUT2D eigenvalue weighted by atomic mass is 19.4. The van der Waals surface area contributed by atoms with Crippen LogP contribution in [0, 0.1) is 6.92 Å². The van der Waals surface area contributed by atoms with Crippen LogP contribution in [0.25, 0.3) is 10.8 Å². The van der Waals surface area contributed by atoms with Crippen LogP contribution in [0.3, 0.4) is 0 Å². The number of carbonyl (C=O) groups is 2. The Morgan fingerprint density at radius 3 is 2.24 bits per heavy atom. The van der Waals surface area contributed by atoms with Crippen LogP contribution in [-0.4, -0.2) is 36.1 Å². The van der Waals surface area contributed by atoms with Gasteiger partial charge in [-0.25, -0.2) is 4.98 Å². The van der Waals surface area contributed by atoms with Crippen molar-refractivity contribution in [2.45, 2.75) is 39.3 Å². The van der Waals surface area contributed by atoms with E-state index in [1.807, 2.05) is 0 Å². The molecule has 1 aromatic heterocycles. The number of Topliss-reactive ketones (excluding diaryl/α,β-unsaturated/α-hetero) is 1. The number of amides is 1. The van der Waals surface area contributed by atoms with E-state index in [9.17, 15) is 22.8 Å². The second-order valence-electron chi connectivity index (χ2n) is 7.73. The first-order chi connectivity index (χ1) is 16.1. The Morgan fingerprint density at radius 1 is 0.971 bits per heavy atom. The van der Waals surface area contributed by atoms with Crippen LogP contribution in [0.1, 0.15) is 42.2 Å². The number of carbonyl (C=O) groups excluding carboxylic acids is 2. The number of aromatic nitrogens is 1. The fraction of sp³-hybridized carbons (Fsp3) is 0.320. The van der Waals surface area contributed by atoms with Crippen molar-refractivity contribution in [3.63, 3.8) is 0 Å². The Labute approximate surface area is 195 Å². The van der Waals surface area contributed by atoms with Crippen LogP contribution in [0.4, 0.5) is 19.0 Å². The molecule has 0 aliphatic carbocycles. The zero-order chi connectivity index (χ0) is 24.7. The van der Waals surface area contributed by atoms with Crippen LogP contribution >= 0.6 is 0 Å². The normalized spacial score (nSPS) is 11.3. The highest BCUT2D eigenvalue weighted by Gasteiger charge is 2.28. The predicted octanol–water partition coefficient (Wildman–Crippen LogP) is 5.87. The van der Waals surface area contributed by atoms with E-state index in [4.69, 9.17) is 9.47 Å². The van der Waals surface area contributed by atoms with Crippen molar-refractivity contribution >= 4 is 28.3 Å². The van der Waals surface area contributed by atoms with E-state index in [2.05, 4.69) is 10.3 Å². The summed E-state index contributed by atoms with van der Waals surface area (Å²) in [5, 5.41) is 4.18. The van der Waals surface area contributed by atoms with E-state index in [1.54, 1.807) is 50.2 Å². The van der Waals surface area contributed by atoms with Gasteiger partial charge >= 0.3 is 6.18 Å². The standard InChI is InChI=1S/C25H25F3N2O4/c1-3-24(32)30-23-14-19(11-16(2)29-23)22(31)5-4-10-33-20-8-6-18-13-21(9-7-17(18)12-20)34-15-25(26,27)28/h6-9,11-14H,3-5,10,15H2,1-2H3,(H,29,30,32). The van der Waals surface area contributed by atoms with Gasteiger partial charge in [0, 0.05) is 24.1 Å². The molecule has 0 aliphatic rings. The SMILES string of the molecule is CCC(=O)Nc1cc(C(=O)CCCOc2ccc3cc(OCC(F)(F)F)ccc3c2)cc(C)n1. The number of benzene rings is 2. The highest BCUT2D eigenvalue weighted by molar-refractivity contribution is 5.98. The molecule has 3 aromatic rings. The van der Waals surface area contributed by atoms with Gasteiger partial charge in [0.05, 0.1) is 6.61 Å². The minimum atomic E-state index is -4.39. The molecule has 1 amide bonds. The Kier molecular flexibility index (Phi) is 8.09. The molecule has 34 heavy (non-hydrogen) atoms. The number of nitrogens with one attached hydrogen (secondary N) is 1. The first-order valence-electron chi connectivity index (χ1n) is 10.8. The molecule has 0 saturated heterocycles. The summed E-state index contributed by atoms with van der Waals surface area (Å²) in [4.78, 5) is 28.4. The lowest BCUT2D eigenvalue weighted by Crippen LogP contribution is -2.19. The number of hydrogen-bond acceptors (Lipinski definition) is 5. The average Bonchev–Trinajstić information content (AvgIpc) is 2.79. The summed E-state index contributed by atoms with van der Waals surface area (Å²) in [5.41, 5.74) is 1.12. The van der Waals surface area contributed by atoms with Crippen LogP contribution in [0.2, 0.25) is 0 Å². The number of hydrogen-bond donors (Lipinski definition) is 1. The molecule has 0 spiro atoms. The average molecular weight is 474 g/mol. The van der Waals surface area contributed by atoms with Gasteiger partial charge in [0.15, 0.2) is 12.4 Å². The number of halogens is 3. The smallest absolute Gasteiger partial charge is 0.422 e. The molecule has 0 fully saturated rings. The van der Waals surface area contributed by atoms with E-state index in [0.29, 0.717) is 42.3 Å². The third-order valence-electron chi connectivity index (χ3n) is 4.87. The number of rotatable bonds is 10. The van der Waals surface area contributed by atoms with Crippen molar-refractivity contribution in [3.05, 3.63) is 59.8 Å². The fourth-order valence-corrected chi connectivity index (χ4v) is 3.24. The predicted molar refractivity (Wildman–Crippen MR) is 122 cm³/mol. The molecule has 0 bridgehead atoms. The molecule has 3 rings (SSSR count). The summed E-state index contributed by atoms with van der Waals surface area (Å²) >= 11 is 0. The van der Waals surface area contributed by atoms with Gasteiger partial charge in [-0.05, 0) is 60.5 Å². The molecular weight excluding hydrogens is 449 g/mol. The largest absolute Gasteiger partial charge is 0.494 e. The van der Waals surface area contributed by atoms with Crippen molar-refractivity contribution in [3.8, 4) is 11.5 Å². The minimum absolute atomic E-state index is 0.0778. The van der Waals surface area contributed by atoms with E-state index < -0.39 is 12.8 Å². The maximum absolute atomic E-state index is 12.6. The lowest BCUT2D eigenvalue weighted by molar-refractivity contribution is -0.153. The Hall–Kier alpha value is -3.62. The quantitative estimate of drug-likeness (QED) is 0.294. The molecule has 0 unspecified atom stereocenters. The van der Waals surface area contributed by atoms with Crippen LogP contribution in [-0.2, 0) is 4.79 Å². The van der Waals surface area contributed by atoms with Crippen LogP contribution in [0.15, 0.2) is 48.5 Å². The molecule has 0 saturated carbocycles. The van der Waals surface area contributed by atoms with E-state index in [-0.39, 0.29) is 23.9 Å². The monoisotopic (exact) mass is 474 g/mol. The number of nitrogens with zero attached hydrogens (tertiary/aromatic N) is 1. The van der Waals surface area contributed by atoms with Gasteiger partial charge in [-0.3, -0.25) is 9.59 Å². The summed E-state index contributed by atoms with van der Waals surface area (Å²) in [6.07, 6.45) is -3.33. The van der Waals surface area contributed by atoms with Crippen molar-refractivity contribution < 1.29 is 32.2 Å². The van der Waals surface area contributed by atoms with E-state index in [1.165, 1.54) is 12.1 Å². The second kappa shape index (κ2) is 11.0. The zero-order valence-electron chi connectivity index (χ0n) is 18.9. The van der Waals surface area contributed by atoms with Crippen LogP contribution in [0.5, 0.6) is 11.5 Å². The molecule has 0 radical (unpaired) electrons. The number of alkyl halides is 3. The molecule has 0 atom stereocenters. The summed E-state index contributed by atoms with van der Waals surface area (Å²) in [6.45, 7) is 2.46. The number of aryl methyl sites for hydroxylation is 1. The van der Waals surface area contributed by atoms with Gasteiger partial charge in [0.2, 0.25) is 5.91 Å². The number of anilines is 1. The molecule has 0 aliphatic heterocycles. The van der Waals surface area contributed by atoms with Gasteiger partial charge in [-0.15, -0.1) is 0 Å². The van der Waals surface area contributed by atoms with Crippen molar-refractivity contribution in [1.82, 2.24) is 4.98 Å². The maximum Gasteiger partial charge on any atom is 0.422 e. The third-order valence-corrected chi connectivity index (χ3v) is 4.87. The Bertz CT molecular complexity index is 1180. The molecule has 1 N–H and O–H groups in total. The molecule has 6 nitrogen and oxygen atoms in total. The Balaban J connectivity index is 1.52. The molecule has 2 aromatic carbocycles. The lowest BCUT2D eigenvalue weighted by atomic mass is 10.1. The molecule has 1 heterocycles. The third kappa shape index (κ3) is 7.47. The number of ether oxygens (including phenoxy) is 2. The Morgan fingerprint density at radius 2 is 1.62 bits per heavy atom. The second-order valence-corrected chi connectivity index (χ2v) is 7.73. The maximum atomic E-state index is 12.6. The topological polar surface area (TPSA) is 77.5 Å². The number of ketones is 1. The lowest BCUT2D eigenvalue weighted by Gasteiger charge is -2.11. The van der Waals surface area contributed by atoms with Crippen molar-refractivity contribution in [2.24, 2.45) is 0 Å². The van der Waals surface area contributed by atoms with Gasteiger partial charge in [-0.1, -0.05) is 19.1 Å². The van der Waals surface area contributed by atoms with Gasteiger partial charge in [0.25, 0.3) is 0 Å². The summed E-state index contributed by atoms with van der Waals surface area (Å²) in [7, 11) is 0. The van der Waals surface area contributed by atoms with Gasteiger partial charge < -0.3 is 14.8 Å². The number of fused-ring (bicyclic) bond motifs is 1. The van der Waals surface area contributed by atoms with Gasteiger partial charge in [-0.2, -0.15) is 13.2 Å². The van der Waals surface area contributed by atoms with Gasteiger partial charge in [0.1, 0.15) is 17.3 Å². The summed E-state index contributed by atoms with van der Waals surface area (Å²) in [6, 6.07) is 13.2.